The summed E-state index contributed by atoms with van der Waals surface area (Å²) in [5.74, 6) is -0.941. The molecule has 0 bridgehead atoms. The molecule has 0 spiro atoms. The van der Waals surface area contributed by atoms with E-state index in [9.17, 15) is 4.79 Å². The standard InChI is InChI=1S/C11H12N2O3/c1-13(2)10(11(14)15)9-7-5-3-4-6-8(7)16-12-9/h3-6,10H,1-2H3,(H,14,15). The molecule has 1 unspecified atom stereocenters. The summed E-state index contributed by atoms with van der Waals surface area (Å²) in [6.45, 7) is 0. The van der Waals surface area contributed by atoms with Crippen LogP contribution in [0.2, 0.25) is 0 Å². The summed E-state index contributed by atoms with van der Waals surface area (Å²) < 4.78 is 5.09. The number of carboxylic acids is 1. The molecule has 1 atom stereocenters. The summed E-state index contributed by atoms with van der Waals surface area (Å²) in [6.07, 6.45) is 0. The van der Waals surface area contributed by atoms with Crippen molar-refractivity contribution in [2.24, 2.45) is 0 Å². The third-order valence-electron chi connectivity index (χ3n) is 2.41. The average Bonchev–Trinajstić information content (AvgIpc) is 2.61. The van der Waals surface area contributed by atoms with Crippen molar-refractivity contribution in [3.63, 3.8) is 0 Å². The monoisotopic (exact) mass is 220 g/mol. The SMILES string of the molecule is CN(C)C(C(=O)O)c1noc2ccccc12. The molecule has 0 aliphatic rings. The van der Waals surface area contributed by atoms with Crippen LogP contribution in [-0.4, -0.2) is 35.2 Å². The first-order chi connectivity index (χ1) is 7.61. The van der Waals surface area contributed by atoms with Crippen molar-refractivity contribution in [2.45, 2.75) is 6.04 Å². The number of rotatable bonds is 3. The van der Waals surface area contributed by atoms with Crippen molar-refractivity contribution >= 4 is 16.9 Å². The van der Waals surface area contributed by atoms with Crippen LogP contribution >= 0.6 is 0 Å². The van der Waals surface area contributed by atoms with Crippen LogP contribution in [0.25, 0.3) is 11.0 Å². The van der Waals surface area contributed by atoms with E-state index in [0.717, 1.165) is 5.39 Å². The van der Waals surface area contributed by atoms with Crippen molar-refractivity contribution in [1.29, 1.82) is 0 Å². The molecule has 1 heterocycles. The molecule has 1 aromatic carbocycles. The zero-order valence-corrected chi connectivity index (χ0v) is 9.04. The summed E-state index contributed by atoms with van der Waals surface area (Å²) in [5.41, 5.74) is 1.04. The first kappa shape index (κ1) is 10.6. The fourth-order valence-corrected chi connectivity index (χ4v) is 1.68. The zero-order valence-electron chi connectivity index (χ0n) is 9.04. The Balaban J connectivity index is 2.57. The van der Waals surface area contributed by atoms with Crippen molar-refractivity contribution in [2.75, 3.05) is 14.1 Å². The number of carbonyl (C=O) groups is 1. The molecule has 5 nitrogen and oxygen atoms in total. The van der Waals surface area contributed by atoms with Crippen LogP contribution in [0.3, 0.4) is 0 Å². The summed E-state index contributed by atoms with van der Waals surface area (Å²) >= 11 is 0. The van der Waals surface area contributed by atoms with Crippen molar-refractivity contribution in [3.05, 3.63) is 30.0 Å². The van der Waals surface area contributed by atoms with Gasteiger partial charge in [-0.05, 0) is 26.2 Å². The number of hydrogen-bond acceptors (Lipinski definition) is 4. The summed E-state index contributed by atoms with van der Waals surface area (Å²) in [4.78, 5) is 12.7. The highest BCUT2D eigenvalue weighted by atomic mass is 16.5. The molecule has 0 aliphatic heterocycles. The van der Waals surface area contributed by atoms with Gasteiger partial charge in [0.25, 0.3) is 0 Å². The number of likely N-dealkylation sites (N-methyl/N-ethyl adjacent to an activating group) is 1. The van der Waals surface area contributed by atoms with Gasteiger partial charge in [0.15, 0.2) is 11.6 Å². The van der Waals surface area contributed by atoms with Crippen LogP contribution in [0.5, 0.6) is 0 Å². The van der Waals surface area contributed by atoms with Gasteiger partial charge in [-0.2, -0.15) is 0 Å². The Labute approximate surface area is 92.3 Å². The van der Waals surface area contributed by atoms with Gasteiger partial charge >= 0.3 is 5.97 Å². The molecule has 0 saturated heterocycles. The number of aliphatic carboxylic acids is 1. The Bertz CT molecular complexity index is 519. The van der Waals surface area contributed by atoms with Gasteiger partial charge in [0.2, 0.25) is 0 Å². The second-order valence-corrected chi connectivity index (χ2v) is 3.77. The first-order valence-electron chi connectivity index (χ1n) is 4.85. The predicted octanol–water partition coefficient (Wildman–Crippen LogP) is 1.52. The second-order valence-electron chi connectivity index (χ2n) is 3.77. The lowest BCUT2D eigenvalue weighted by molar-refractivity contribution is -0.142. The van der Waals surface area contributed by atoms with E-state index in [2.05, 4.69) is 5.16 Å². The Kier molecular flexibility index (Phi) is 2.62. The summed E-state index contributed by atoms with van der Waals surface area (Å²) in [7, 11) is 3.39. The van der Waals surface area contributed by atoms with E-state index in [1.54, 1.807) is 31.1 Å². The lowest BCUT2D eigenvalue weighted by Gasteiger charge is -2.17. The van der Waals surface area contributed by atoms with E-state index in [-0.39, 0.29) is 0 Å². The fourth-order valence-electron chi connectivity index (χ4n) is 1.68. The maximum atomic E-state index is 11.2. The number of para-hydroxylation sites is 1. The van der Waals surface area contributed by atoms with Gasteiger partial charge < -0.3 is 9.63 Å². The quantitative estimate of drug-likeness (QED) is 0.849. The minimum atomic E-state index is -0.941. The highest BCUT2D eigenvalue weighted by molar-refractivity contribution is 5.86. The van der Waals surface area contributed by atoms with Crippen molar-refractivity contribution in [3.8, 4) is 0 Å². The van der Waals surface area contributed by atoms with E-state index in [0.29, 0.717) is 11.3 Å². The second kappa shape index (κ2) is 3.94. The molecule has 0 saturated carbocycles. The Morgan fingerprint density at radius 3 is 2.75 bits per heavy atom. The number of benzene rings is 1. The van der Waals surface area contributed by atoms with Crippen LogP contribution in [0.4, 0.5) is 0 Å². The summed E-state index contributed by atoms with van der Waals surface area (Å²) in [5, 5.41) is 13.7. The van der Waals surface area contributed by atoms with Crippen LogP contribution in [0.15, 0.2) is 28.8 Å². The third kappa shape index (κ3) is 1.65. The molecule has 0 aliphatic carbocycles. The molecule has 0 fully saturated rings. The zero-order chi connectivity index (χ0) is 11.7. The first-order valence-corrected chi connectivity index (χ1v) is 4.85. The van der Waals surface area contributed by atoms with Gasteiger partial charge in [-0.25, -0.2) is 0 Å². The highest BCUT2D eigenvalue weighted by Gasteiger charge is 2.27. The number of carboxylic acid groups (broad SMARTS) is 1. The number of nitrogens with zero attached hydrogens (tertiary/aromatic N) is 2. The van der Waals surface area contributed by atoms with Gasteiger partial charge in [-0.3, -0.25) is 9.69 Å². The molecular weight excluding hydrogens is 208 g/mol. The molecule has 1 N–H and O–H groups in total. The summed E-state index contributed by atoms with van der Waals surface area (Å²) in [6, 6.07) is 6.44. The normalized spacial score (nSPS) is 13.2. The molecule has 84 valence electrons. The van der Waals surface area contributed by atoms with E-state index in [1.165, 1.54) is 0 Å². The van der Waals surface area contributed by atoms with E-state index < -0.39 is 12.0 Å². The topological polar surface area (TPSA) is 66.6 Å². The number of fused-ring (bicyclic) bond motifs is 1. The average molecular weight is 220 g/mol. The molecule has 5 heteroatoms. The van der Waals surface area contributed by atoms with E-state index >= 15 is 0 Å². The highest BCUT2D eigenvalue weighted by Crippen LogP contribution is 2.26. The maximum Gasteiger partial charge on any atom is 0.327 e. The minimum Gasteiger partial charge on any atom is -0.480 e. The van der Waals surface area contributed by atoms with Crippen molar-refractivity contribution < 1.29 is 14.4 Å². The van der Waals surface area contributed by atoms with Crippen LogP contribution < -0.4 is 0 Å². The van der Waals surface area contributed by atoms with Gasteiger partial charge in [-0.15, -0.1) is 0 Å². The molecular formula is C11H12N2O3. The lowest BCUT2D eigenvalue weighted by Crippen LogP contribution is -2.27. The lowest BCUT2D eigenvalue weighted by atomic mass is 10.1. The van der Waals surface area contributed by atoms with Crippen molar-refractivity contribution in [1.82, 2.24) is 10.1 Å². The molecule has 0 radical (unpaired) electrons. The smallest absolute Gasteiger partial charge is 0.327 e. The Morgan fingerprint density at radius 2 is 2.12 bits per heavy atom. The van der Waals surface area contributed by atoms with Gasteiger partial charge in [0, 0.05) is 5.39 Å². The third-order valence-corrected chi connectivity index (χ3v) is 2.41. The maximum absolute atomic E-state index is 11.2. The van der Waals surface area contributed by atoms with Gasteiger partial charge in [0.05, 0.1) is 0 Å². The molecule has 2 rings (SSSR count). The Hall–Kier alpha value is -1.88. The van der Waals surface area contributed by atoms with Crippen LogP contribution in [-0.2, 0) is 4.79 Å². The van der Waals surface area contributed by atoms with Crippen LogP contribution in [0, 0.1) is 0 Å². The minimum absolute atomic E-state index is 0.438. The van der Waals surface area contributed by atoms with E-state index in [1.807, 2.05) is 12.1 Å². The largest absolute Gasteiger partial charge is 0.480 e. The molecule has 16 heavy (non-hydrogen) atoms. The van der Waals surface area contributed by atoms with Crippen LogP contribution in [0.1, 0.15) is 11.7 Å². The molecule has 2 aromatic rings. The van der Waals surface area contributed by atoms with Gasteiger partial charge in [0.1, 0.15) is 5.69 Å². The molecule has 1 aromatic heterocycles. The fraction of sp³-hybridized carbons (Fsp3) is 0.273. The Morgan fingerprint density at radius 1 is 1.44 bits per heavy atom. The van der Waals surface area contributed by atoms with E-state index in [4.69, 9.17) is 9.63 Å². The number of aromatic nitrogens is 1. The number of hydrogen-bond donors (Lipinski definition) is 1. The van der Waals surface area contributed by atoms with Gasteiger partial charge in [-0.1, -0.05) is 17.3 Å². The molecule has 0 amide bonds. The predicted molar refractivity (Wildman–Crippen MR) is 58.1 cm³/mol.